The molecule has 3 heterocycles. The molecule has 0 saturated carbocycles. The molecule has 1 saturated heterocycles. The van der Waals surface area contributed by atoms with E-state index in [4.69, 9.17) is 15.2 Å². The van der Waals surface area contributed by atoms with Crippen molar-refractivity contribution < 1.29 is 14.3 Å². The SMILES string of the molecule is Cn1c(C(=O)c2cnn(-c3ccc(Oc4ccccc4)cc3)c2N)cc2ccc(CN3CCOCC3)cc21. The summed E-state index contributed by atoms with van der Waals surface area (Å²) >= 11 is 0. The number of hydrogen-bond donors (Lipinski definition) is 1. The molecule has 8 heteroatoms. The maximum absolute atomic E-state index is 13.6. The molecule has 0 aliphatic carbocycles. The molecule has 0 bridgehead atoms. The number of benzene rings is 3. The van der Waals surface area contributed by atoms with Gasteiger partial charge in [-0.1, -0.05) is 30.3 Å². The maximum atomic E-state index is 13.6. The van der Waals surface area contributed by atoms with Crippen LogP contribution < -0.4 is 10.5 Å². The van der Waals surface area contributed by atoms with Gasteiger partial charge in [-0.2, -0.15) is 5.10 Å². The predicted octanol–water partition coefficient (Wildman–Crippen LogP) is 4.80. The summed E-state index contributed by atoms with van der Waals surface area (Å²) in [5.74, 6) is 1.59. The number of aromatic nitrogens is 3. The molecule has 5 aromatic rings. The molecular formula is C30H29N5O3. The fourth-order valence-corrected chi connectivity index (χ4v) is 4.87. The van der Waals surface area contributed by atoms with Gasteiger partial charge in [0.25, 0.3) is 0 Å². The first-order chi connectivity index (χ1) is 18.6. The average Bonchev–Trinajstić information content (AvgIpc) is 3.49. The number of carbonyl (C=O) groups excluding carboxylic acids is 1. The fraction of sp³-hybridized carbons (Fsp3) is 0.200. The molecule has 1 aliphatic heterocycles. The Bertz CT molecular complexity index is 1580. The van der Waals surface area contributed by atoms with E-state index in [2.05, 4.69) is 28.2 Å². The van der Waals surface area contributed by atoms with Crippen molar-refractivity contribution in [1.82, 2.24) is 19.2 Å². The molecule has 2 aromatic heterocycles. The second-order valence-corrected chi connectivity index (χ2v) is 9.46. The number of aryl methyl sites for hydroxylation is 1. The van der Waals surface area contributed by atoms with Gasteiger partial charge in [-0.25, -0.2) is 4.68 Å². The first-order valence-electron chi connectivity index (χ1n) is 12.7. The molecule has 0 unspecified atom stereocenters. The van der Waals surface area contributed by atoms with Gasteiger partial charge >= 0.3 is 0 Å². The Kier molecular flexibility index (Phi) is 6.41. The Labute approximate surface area is 220 Å². The fourth-order valence-electron chi connectivity index (χ4n) is 4.87. The number of rotatable bonds is 7. The highest BCUT2D eigenvalue weighted by Crippen LogP contribution is 2.27. The number of carbonyl (C=O) groups is 1. The van der Waals surface area contributed by atoms with E-state index >= 15 is 0 Å². The van der Waals surface area contributed by atoms with Crippen LogP contribution >= 0.6 is 0 Å². The monoisotopic (exact) mass is 507 g/mol. The van der Waals surface area contributed by atoms with Gasteiger partial charge in [-0.3, -0.25) is 9.69 Å². The molecule has 38 heavy (non-hydrogen) atoms. The van der Waals surface area contributed by atoms with Crippen LogP contribution in [-0.4, -0.2) is 51.3 Å². The van der Waals surface area contributed by atoms with Crippen molar-refractivity contribution in [3.05, 3.63) is 102 Å². The zero-order valence-corrected chi connectivity index (χ0v) is 21.2. The van der Waals surface area contributed by atoms with E-state index in [0.29, 0.717) is 22.8 Å². The van der Waals surface area contributed by atoms with Crippen molar-refractivity contribution in [2.24, 2.45) is 7.05 Å². The minimum absolute atomic E-state index is 0.161. The van der Waals surface area contributed by atoms with Crippen LogP contribution in [0.2, 0.25) is 0 Å². The van der Waals surface area contributed by atoms with Crippen LogP contribution in [0.25, 0.3) is 16.6 Å². The van der Waals surface area contributed by atoms with Gasteiger partial charge in [0, 0.05) is 37.6 Å². The van der Waals surface area contributed by atoms with Crippen molar-refractivity contribution in [1.29, 1.82) is 0 Å². The Balaban J connectivity index is 1.23. The summed E-state index contributed by atoms with van der Waals surface area (Å²) in [4.78, 5) is 15.9. The number of para-hydroxylation sites is 1. The van der Waals surface area contributed by atoms with Gasteiger partial charge in [-0.15, -0.1) is 0 Å². The van der Waals surface area contributed by atoms with E-state index in [1.165, 1.54) is 11.8 Å². The van der Waals surface area contributed by atoms with Crippen LogP contribution in [-0.2, 0) is 18.3 Å². The number of nitrogens with zero attached hydrogens (tertiary/aromatic N) is 4. The Morgan fingerprint density at radius 1 is 0.974 bits per heavy atom. The number of morpholine rings is 1. The molecule has 192 valence electrons. The number of nitrogens with two attached hydrogens (primary N) is 1. The van der Waals surface area contributed by atoms with E-state index in [0.717, 1.165) is 55.2 Å². The molecule has 0 atom stereocenters. The third-order valence-electron chi connectivity index (χ3n) is 6.96. The van der Waals surface area contributed by atoms with Crippen LogP contribution in [0.5, 0.6) is 11.5 Å². The summed E-state index contributed by atoms with van der Waals surface area (Å²) in [6.07, 6.45) is 1.54. The van der Waals surface area contributed by atoms with E-state index in [-0.39, 0.29) is 5.78 Å². The van der Waals surface area contributed by atoms with Crippen molar-refractivity contribution in [2.45, 2.75) is 6.54 Å². The standard InChI is InChI=1S/C30H29N5O3/c1-33-27-17-21(20-34-13-15-37-16-14-34)7-8-22(27)18-28(33)29(36)26-19-32-35(30(26)31)23-9-11-25(12-10-23)38-24-5-3-2-4-6-24/h2-12,17-19H,13-16,20,31H2,1H3. The minimum Gasteiger partial charge on any atom is -0.457 e. The summed E-state index contributed by atoms with van der Waals surface area (Å²) in [6, 6.07) is 25.3. The Morgan fingerprint density at radius 3 is 2.47 bits per heavy atom. The van der Waals surface area contributed by atoms with Crippen molar-refractivity contribution in [3.63, 3.8) is 0 Å². The number of ether oxygens (including phenoxy) is 2. The highest BCUT2D eigenvalue weighted by Gasteiger charge is 2.22. The van der Waals surface area contributed by atoms with Crippen LogP contribution in [0.1, 0.15) is 21.6 Å². The molecule has 0 spiro atoms. The molecule has 2 N–H and O–H groups in total. The predicted molar refractivity (Wildman–Crippen MR) is 147 cm³/mol. The second kappa shape index (κ2) is 10.2. The normalized spacial score (nSPS) is 14.1. The molecule has 0 amide bonds. The number of hydrogen-bond acceptors (Lipinski definition) is 6. The molecule has 6 rings (SSSR count). The number of fused-ring (bicyclic) bond motifs is 1. The van der Waals surface area contributed by atoms with Gasteiger partial charge in [0.1, 0.15) is 17.3 Å². The first kappa shape index (κ1) is 24.0. The van der Waals surface area contributed by atoms with Crippen molar-refractivity contribution >= 4 is 22.5 Å². The van der Waals surface area contributed by atoms with Crippen molar-refractivity contribution in [2.75, 3.05) is 32.0 Å². The van der Waals surface area contributed by atoms with Crippen LogP contribution in [0.15, 0.2) is 85.1 Å². The largest absolute Gasteiger partial charge is 0.457 e. The zero-order valence-electron chi connectivity index (χ0n) is 21.2. The maximum Gasteiger partial charge on any atom is 0.214 e. The Hall–Kier alpha value is -4.40. The van der Waals surface area contributed by atoms with E-state index < -0.39 is 0 Å². The molecular weight excluding hydrogens is 478 g/mol. The third-order valence-corrected chi connectivity index (χ3v) is 6.96. The minimum atomic E-state index is -0.161. The van der Waals surface area contributed by atoms with Crippen LogP contribution in [0.4, 0.5) is 5.82 Å². The molecule has 8 nitrogen and oxygen atoms in total. The molecule has 0 radical (unpaired) electrons. The highest BCUT2D eigenvalue weighted by atomic mass is 16.5. The van der Waals surface area contributed by atoms with Crippen molar-refractivity contribution in [3.8, 4) is 17.2 Å². The number of ketones is 1. The lowest BCUT2D eigenvalue weighted by Gasteiger charge is -2.26. The summed E-state index contributed by atoms with van der Waals surface area (Å²) in [6.45, 7) is 4.27. The molecule has 1 aliphatic rings. The lowest BCUT2D eigenvalue weighted by molar-refractivity contribution is 0.0342. The second-order valence-electron chi connectivity index (χ2n) is 9.46. The topological polar surface area (TPSA) is 87.5 Å². The summed E-state index contributed by atoms with van der Waals surface area (Å²) in [5.41, 5.74) is 10.3. The van der Waals surface area contributed by atoms with Gasteiger partial charge in [0.05, 0.1) is 36.4 Å². The van der Waals surface area contributed by atoms with Gasteiger partial charge in [0.2, 0.25) is 5.78 Å². The van der Waals surface area contributed by atoms with E-state index in [9.17, 15) is 4.79 Å². The summed E-state index contributed by atoms with van der Waals surface area (Å²) in [7, 11) is 1.92. The Morgan fingerprint density at radius 2 is 1.71 bits per heavy atom. The zero-order chi connectivity index (χ0) is 26.1. The third kappa shape index (κ3) is 4.67. The van der Waals surface area contributed by atoms with Crippen LogP contribution in [0.3, 0.4) is 0 Å². The van der Waals surface area contributed by atoms with Gasteiger partial charge in [-0.05, 0) is 54.1 Å². The van der Waals surface area contributed by atoms with Gasteiger partial charge in [0.15, 0.2) is 0 Å². The number of nitrogen functional groups attached to an aromatic ring is 1. The number of anilines is 1. The molecule has 1 fully saturated rings. The quantitative estimate of drug-likeness (QED) is 0.319. The van der Waals surface area contributed by atoms with Crippen LogP contribution in [0, 0.1) is 0 Å². The lowest BCUT2D eigenvalue weighted by atomic mass is 10.1. The first-order valence-corrected chi connectivity index (χ1v) is 12.7. The van der Waals surface area contributed by atoms with E-state index in [1.54, 1.807) is 4.68 Å². The lowest BCUT2D eigenvalue weighted by Crippen LogP contribution is -2.35. The average molecular weight is 508 g/mol. The molecule has 3 aromatic carbocycles. The van der Waals surface area contributed by atoms with Gasteiger partial charge < -0.3 is 19.8 Å². The van der Waals surface area contributed by atoms with E-state index in [1.807, 2.05) is 72.3 Å². The summed E-state index contributed by atoms with van der Waals surface area (Å²) < 4.78 is 14.8. The highest BCUT2D eigenvalue weighted by molar-refractivity contribution is 6.13. The summed E-state index contributed by atoms with van der Waals surface area (Å²) in [5, 5.41) is 5.43. The smallest absolute Gasteiger partial charge is 0.214 e.